The van der Waals surface area contributed by atoms with E-state index in [1.165, 1.54) is 6.07 Å². The Kier molecular flexibility index (Phi) is 3.76. The van der Waals surface area contributed by atoms with Crippen molar-refractivity contribution in [1.82, 2.24) is 4.90 Å². The summed E-state index contributed by atoms with van der Waals surface area (Å²) in [6, 6.07) is 5.18. The second-order valence-electron chi connectivity index (χ2n) is 4.88. The van der Waals surface area contributed by atoms with Crippen LogP contribution in [0.15, 0.2) is 23.2 Å². The van der Waals surface area contributed by atoms with Crippen LogP contribution in [0.2, 0.25) is 5.02 Å². The van der Waals surface area contributed by atoms with Gasteiger partial charge in [0.15, 0.2) is 5.96 Å². The Morgan fingerprint density at radius 3 is 2.67 bits per heavy atom. The first-order valence-electron chi connectivity index (χ1n) is 5.93. The molecule has 0 aromatic heterocycles. The molecule has 1 aliphatic rings. The van der Waals surface area contributed by atoms with E-state index in [1.54, 1.807) is 17.0 Å². The molecule has 0 atom stereocenters. The van der Waals surface area contributed by atoms with Crippen molar-refractivity contribution < 1.29 is 4.39 Å². The van der Waals surface area contributed by atoms with Crippen molar-refractivity contribution in [2.75, 3.05) is 14.1 Å². The molecule has 0 aliphatic heterocycles. The maximum atomic E-state index is 13.0. The van der Waals surface area contributed by atoms with Gasteiger partial charge in [0, 0.05) is 14.1 Å². The lowest BCUT2D eigenvalue weighted by Crippen LogP contribution is -2.35. The third-order valence-electron chi connectivity index (χ3n) is 3.30. The van der Waals surface area contributed by atoms with Gasteiger partial charge in [0.25, 0.3) is 0 Å². The zero-order valence-electron chi connectivity index (χ0n) is 10.5. The van der Waals surface area contributed by atoms with Gasteiger partial charge in [-0.1, -0.05) is 17.7 Å². The van der Waals surface area contributed by atoms with Crippen LogP contribution in [-0.4, -0.2) is 31.0 Å². The molecule has 5 heteroatoms. The molecule has 0 unspecified atom stereocenters. The van der Waals surface area contributed by atoms with Crippen molar-refractivity contribution >= 4 is 17.6 Å². The quantitative estimate of drug-likeness (QED) is 0.662. The molecule has 3 nitrogen and oxygen atoms in total. The highest BCUT2D eigenvalue weighted by molar-refractivity contribution is 6.30. The first-order chi connectivity index (χ1) is 8.47. The van der Waals surface area contributed by atoms with Crippen LogP contribution in [0.25, 0.3) is 0 Å². The van der Waals surface area contributed by atoms with E-state index >= 15 is 0 Å². The monoisotopic (exact) mass is 269 g/mol. The minimum absolute atomic E-state index is 0.187. The average Bonchev–Trinajstić information content (AvgIpc) is 2.26. The largest absolute Gasteiger partial charge is 0.370 e. The van der Waals surface area contributed by atoms with Crippen LogP contribution in [0, 0.1) is 5.82 Å². The molecule has 0 heterocycles. The summed E-state index contributed by atoms with van der Waals surface area (Å²) in [5.74, 6) is 0.591. The van der Waals surface area contributed by atoms with Gasteiger partial charge in [-0.05, 0) is 36.5 Å². The molecular formula is C13H17ClFN3. The fraction of sp³-hybridized carbons (Fsp3) is 0.462. The van der Waals surface area contributed by atoms with Crippen LogP contribution < -0.4 is 5.73 Å². The van der Waals surface area contributed by atoms with E-state index in [4.69, 9.17) is 17.3 Å². The fourth-order valence-electron chi connectivity index (χ4n) is 2.03. The van der Waals surface area contributed by atoms with E-state index in [-0.39, 0.29) is 16.9 Å². The highest BCUT2D eigenvalue weighted by Gasteiger charge is 2.30. The molecule has 2 N–H and O–H groups in total. The van der Waals surface area contributed by atoms with Gasteiger partial charge in [0.1, 0.15) is 5.82 Å². The molecule has 1 aromatic carbocycles. The molecule has 18 heavy (non-hydrogen) atoms. The minimum Gasteiger partial charge on any atom is -0.370 e. The van der Waals surface area contributed by atoms with Gasteiger partial charge in [-0.2, -0.15) is 0 Å². The molecule has 2 rings (SSSR count). The Morgan fingerprint density at radius 2 is 2.11 bits per heavy atom. The van der Waals surface area contributed by atoms with Crippen molar-refractivity contribution in [2.45, 2.75) is 24.8 Å². The van der Waals surface area contributed by atoms with Crippen LogP contribution in [0.5, 0.6) is 0 Å². The van der Waals surface area contributed by atoms with Crippen molar-refractivity contribution in [2.24, 2.45) is 10.7 Å². The van der Waals surface area contributed by atoms with Gasteiger partial charge in [0.05, 0.1) is 11.1 Å². The molecule has 1 saturated carbocycles. The third-order valence-corrected chi connectivity index (χ3v) is 3.59. The van der Waals surface area contributed by atoms with Crippen LogP contribution in [0.4, 0.5) is 4.39 Å². The Morgan fingerprint density at radius 1 is 1.44 bits per heavy atom. The number of rotatable bonds is 2. The summed E-state index contributed by atoms with van der Waals surface area (Å²) in [6.07, 6.45) is 1.88. The summed E-state index contributed by atoms with van der Waals surface area (Å²) in [5, 5.41) is 0.187. The van der Waals surface area contributed by atoms with Gasteiger partial charge >= 0.3 is 0 Å². The summed E-state index contributed by atoms with van der Waals surface area (Å²) in [6.45, 7) is 0. The first-order valence-corrected chi connectivity index (χ1v) is 6.30. The van der Waals surface area contributed by atoms with Gasteiger partial charge in [-0.3, -0.25) is 0 Å². The number of guanidine groups is 1. The van der Waals surface area contributed by atoms with Gasteiger partial charge in [-0.15, -0.1) is 0 Å². The molecule has 0 radical (unpaired) electrons. The van der Waals surface area contributed by atoms with E-state index in [0.29, 0.717) is 11.9 Å². The Labute approximate surface area is 111 Å². The Hall–Kier alpha value is -1.29. The Balaban J connectivity index is 1.96. The van der Waals surface area contributed by atoms with E-state index in [9.17, 15) is 4.39 Å². The summed E-state index contributed by atoms with van der Waals surface area (Å²) >= 11 is 5.77. The van der Waals surface area contributed by atoms with Crippen molar-refractivity contribution in [1.29, 1.82) is 0 Å². The Bertz CT molecular complexity index is 467. The topological polar surface area (TPSA) is 41.6 Å². The van der Waals surface area contributed by atoms with E-state index in [1.807, 2.05) is 14.1 Å². The fourth-order valence-corrected chi connectivity index (χ4v) is 2.22. The maximum Gasteiger partial charge on any atom is 0.190 e. The summed E-state index contributed by atoms with van der Waals surface area (Å²) in [7, 11) is 3.74. The second kappa shape index (κ2) is 5.14. The van der Waals surface area contributed by atoms with Crippen LogP contribution in [0.3, 0.4) is 0 Å². The summed E-state index contributed by atoms with van der Waals surface area (Å²) in [5.41, 5.74) is 6.84. The van der Waals surface area contributed by atoms with Crippen LogP contribution >= 0.6 is 11.6 Å². The van der Waals surface area contributed by atoms with E-state index < -0.39 is 0 Å². The maximum absolute atomic E-state index is 13.0. The predicted octanol–water partition coefficient (Wildman–Crippen LogP) is 2.60. The van der Waals surface area contributed by atoms with Gasteiger partial charge < -0.3 is 10.6 Å². The predicted molar refractivity (Wildman–Crippen MR) is 72.5 cm³/mol. The molecular weight excluding hydrogens is 253 g/mol. The third kappa shape index (κ3) is 2.75. The number of nitrogens with zero attached hydrogens (tertiary/aromatic N) is 2. The standard InChI is InChI=1S/C13H17ClFN3/c1-18(2)13(16)17-10-5-9(6-10)8-3-4-12(15)11(14)7-8/h3-4,7,9-10H,5-6H2,1-2H3,(H2,16,17). The first kappa shape index (κ1) is 13.1. The van der Waals surface area contributed by atoms with Crippen LogP contribution in [0.1, 0.15) is 24.3 Å². The molecule has 1 fully saturated rings. The molecule has 0 saturated heterocycles. The van der Waals surface area contributed by atoms with Crippen molar-refractivity contribution in [3.8, 4) is 0 Å². The normalized spacial score (nSPS) is 23.7. The van der Waals surface area contributed by atoms with Gasteiger partial charge in [0.2, 0.25) is 0 Å². The molecule has 98 valence electrons. The van der Waals surface area contributed by atoms with Crippen LogP contribution in [-0.2, 0) is 0 Å². The lowest BCUT2D eigenvalue weighted by molar-refractivity contribution is 0.349. The molecule has 0 bridgehead atoms. The molecule has 1 aromatic rings. The van der Waals surface area contributed by atoms with E-state index in [2.05, 4.69) is 4.99 Å². The summed E-state index contributed by atoms with van der Waals surface area (Å²) < 4.78 is 13.0. The minimum atomic E-state index is -0.369. The number of halogens is 2. The van der Waals surface area contributed by atoms with E-state index in [0.717, 1.165) is 18.4 Å². The van der Waals surface area contributed by atoms with Gasteiger partial charge in [-0.25, -0.2) is 9.38 Å². The second-order valence-corrected chi connectivity index (χ2v) is 5.28. The number of aliphatic imine (C=N–C) groups is 1. The molecule has 0 spiro atoms. The summed E-state index contributed by atoms with van der Waals surface area (Å²) in [4.78, 5) is 6.20. The SMILES string of the molecule is CN(C)C(N)=NC1CC(c2ccc(F)c(Cl)c2)C1. The number of hydrogen-bond donors (Lipinski definition) is 1. The number of hydrogen-bond acceptors (Lipinski definition) is 1. The molecule has 0 amide bonds. The highest BCUT2D eigenvalue weighted by Crippen LogP contribution is 2.39. The smallest absolute Gasteiger partial charge is 0.190 e. The zero-order valence-corrected chi connectivity index (χ0v) is 11.3. The van der Waals surface area contributed by atoms with Crippen molar-refractivity contribution in [3.63, 3.8) is 0 Å². The lowest BCUT2D eigenvalue weighted by Gasteiger charge is -2.33. The zero-order chi connectivity index (χ0) is 13.3. The number of benzene rings is 1. The lowest BCUT2D eigenvalue weighted by atomic mass is 9.76. The molecule has 1 aliphatic carbocycles. The number of nitrogens with two attached hydrogens (primary N) is 1. The average molecular weight is 270 g/mol. The highest BCUT2D eigenvalue weighted by atomic mass is 35.5. The van der Waals surface area contributed by atoms with Crippen molar-refractivity contribution in [3.05, 3.63) is 34.6 Å².